The molecule has 0 atom stereocenters. The number of hydrogen-bond donors (Lipinski definition) is 2. The second-order valence-electron chi connectivity index (χ2n) is 3.51. The SMILES string of the molecule is Nc1nc(C2CC2)nc(C(=O)O)c1CCl. The molecule has 0 aliphatic heterocycles. The molecule has 1 aromatic heterocycles. The number of nitrogens with zero attached hydrogens (tertiary/aromatic N) is 2. The Balaban J connectivity index is 2.52. The van der Waals surface area contributed by atoms with Crippen LogP contribution in [0.1, 0.15) is 40.6 Å². The Bertz CT molecular complexity index is 418. The molecule has 2 rings (SSSR count). The van der Waals surface area contributed by atoms with Crippen molar-refractivity contribution in [2.45, 2.75) is 24.6 Å². The van der Waals surface area contributed by atoms with Crippen LogP contribution in [0.4, 0.5) is 5.82 Å². The van der Waals surface area contributed by atoms with Gasteiger partial charge >= 0.3 is 5.97 Å². The molecule has 1 fully saturated rings. The number of carboxylic acid groups (broad SMARTS) is 1. The van der Waals surface area contributed by atoms with Gasteiger partial charge in [0.15, 0.2) is 5.69 Å². The third-order valence-electron chi connectivity index (χ3n) is 2.34. The quantitative estimate of drug-likeness (QED) is 0.762. The number of carboxylic acids is 1. The summed E-state index contributed by atoms with van der Waals surface area (Å²) >= 11 is 5.61. The number of nitrogens with two attached hydrogens (primary N) is 1. The zero-order chi connectivity index (χ0) is 11.0. The van der Waals surface area contributed by atoms with Gasteiger partial charge in [-0.3, -0.25) is 0 Å². The summed E-state index contributed by atoms with van der Waals surface area (Å²) in [4.78, 5) is 19.0. The Morgan fingerprint density at radius 1 is 1.53 bits per heavy atom. The maximum Gasteiger partial charge on any atom is 0.355 e. The molecule has 0 unspecified atom stereocenters. The van der Waals surface area contributed by atoms with E-state index in [9.17, 15) is 4.79 Å². The molecule has 0 amide bonds. The van der Waals surface area contributed by atoms with E-state index >= 15 is 0 Å². The van der Waals surface area contributed by atoms with E-state index in [2.05, 4.69) is 9.97 Å². The number of halogens is 1. The van der Waals surface area contributed by atoms with Crippen LogP contribution < -0.4 is 5.73 Å². The molecule has 6 heteroatoms. The van der Waals surface area contributed by atoms with E-state index in [4.69, 9.17) is 22.4 Å². The van der Waals surface area contributed by atoms with Crippen molar-refractivity contribution in [2.24, 2.45) is 0 Å². The van der Waals surface area contributed by atoms with Gasteiger partial charge in [0.25, 0.3) is 0 Å². The highest BCUT2D eigenvalue weighted by Gasteiger charge is 2.29. The first kappa shape index (κ1) is 10.2. The van der Waals surface area contributed by atoms with E-state index in [1.165, 1.54) is 0 Å². The summed E-state index contributed by atoms with van der Waals surface area (Å²) in [5, 5.41) is 8.94. The van der Waals surface area contributed by atoms with Gasteiger partial charge in [-0.1, -0.05) is 0 Å². The number of nitrogen functional groups attached to an aromatic ring is 1. The fourth-order valence-electron chi connectivity index (χ4n) is 1.35. The Kier molecular flexibility index (Phi) is 2.48. The lowest BCUT2D eigenvalue weighted by Gasteiger charge is -2.07. The van der Waals surface area contributed by atoms with Crippen LogP contribution in [0.3, 0.4) is 0 Å². The highest BCUT2D eigenvalue weighted by atomic mass is 35.5. The molecule has 0 spiro atoms. The molecule has 0 radical (unpaired) electrons. The summed E-state index contributed by atoms with van der Waals surface area (Å²) in [6, 6.07) is 0. The van der Waals surface area contributed by atoms with Gasteiger partial charge in [0, 0.05) is 11.5 Å². The largest absolute Gasteiger partial charge is 0.476 e. The van der Waals surface area contributed by atoms with E-state index in [0.717, 1.165) is 12.8 Å². The van der Waals surface area contributed by atoms with Gasteiger partial charge in [-0.15, -0.1) is 11.6 Å². The van der Waals surface area contributed by atoms with Crippen LogP contribution in [0.2, 0.25) is 0 Å². The van der Waals surface area contributed by atoms with Crippen molar-refractivity contribution < 1.29 is 9.90 Å². The van der Waals surface area contributed by atoms with Crippen molar-refractivity contribution in [3.8, 4) is 0 Å². The van der Waals surface area contributed by atoms with E-state index in [1.807, 2.05) is 0 Å². The minimum atomic E-state index is -1.11. The number of anilines is 1. The fraction of sp³-hybridized carbons (Fsp3) is 0.444. The summed E-state index contributed by atoms with van der Waals surface area (Å²) in [6.07, 6.45) is 2.00. The summed E-state index contributed by atoms with van der Waals surface area (Å²) in [5.41, 5.74) is 5.87. The standard InChI is InChI=1S/C9H10ClN3O2/c10-3-5-6(9(14)15)12-8(4-1-2-4)13-7(5)11/h4H,1-3H2,(H,14,15)(H2,11,12,13). The third-order valence-corrected chi connectivity index (χ3v) is 2.60. The Morgan fingerprint density at radius 2 is 2.20 bits per heavy atom. The normalized spacial score (nSPS) is 15.3. The molecule has 15 heavy (non-hydrogen) atoms. The van der Waals surface area contributed by atoms with Crippen molar-refractivity contribution >= 4 is 23.4 Å². The summed E-state index contributed by atoms with van der Waals surface area (Å²) in [6.45, 7) is 0. The zero-order valence-corrected chi connectivity index (χ0v) is 8.66. The number of aromatic carboxylic acids is 1. The molecule has 0 saturated heterocycles. The Labute approximate surface area is 91.3 Å². The summed E-state index contributed by atoms with van der Waals surface area (Å²) in [7, 11) is 0. The van der Waals surface area contributed by atoms with Gasteiger partial charge in [0.1, 0.15) is 11.6 Å². The molecular formula is C9H10ClN3O2. The van der Waals surface area contributed by atoms with Crippen LogP contribution in [0.25, 0.3) is 0 Å². The topological polar surface area (TPSA) is 89.1 Å². The highest BCUT2D eigenvalue weighted by molar-refractivity contribution is 6.18. The first-order valence-corrected chi connectivity index (χ1v) is 5.12. The van der Waals surface area contributed by atoms with Crippen LogP contribution in [-0.4, -0.2) is 21.0 Å². The zero-order valence-electron chi connectivity index (χ0n) is 7.90. The van der Waals surface area contributed by atoms with Gasteiger partial charge in [0.2, 0.25) is 0 Å². The summed E-state index contributed by atoms with van der Waals surface area (Å²) in [5.74, 6) is -0.118. The maximum atomic E-state index is 10.9. The van der Waals surface area contributed by atoms with Crippen molar-refractivity contribution in [1.29, 1.82) is 0 Å². The predicted molar refractivity (Wildman–Crippen MR) is 54.9 cm³/mol. The third kappa shape index (κ3) is 1.87. The molecule has 1 aliphatic rings. The van der Waals surface area contributed by atoms with Crippen molar-refractivity contribution in [3.63, 3.8) is 0 Å². The number of hydrogen-bond acceptors (Lipinski definition) is 4. The fourth-order valence-corrected chi connectivity index (χ4v) is 1.62. The van der Waals surface area contributed by atoms with Gasteiger partial charge < -0.3 is 10.8 Å². The van der Waals surface area contributed by atoms with Gasteiger partial charge in [-0.05, 0) is 12.8 Å². The average Bonchev–Trinajstić information content (AvgIpc) is 2.99. The molecule has 1 aromatic rings. The second kappa shape index (κ2) is 3.66. The van der Waals surface area contributed by atoms with E-state index in [0.29, 0.717) is 11.4 Å². The number of rotatable bonds is 3. The van der Waals surface area contributed by atoms with Crippen LogP contribution in [0.5, 0.6) is 0 Å². The number of carbonyl (C=O) groups is 1. The van der Waals surface area contributed by atoms with Gasteiger partial charge in [-0.2, -0.15) is 0 Å². The molecule has 1 aliphatic carbocycles. The lowest BCUT2D eigenvalue weighted by Crippen LogP contribution is -2.12. The highest BCUT2D eigenvalue weighted by Crippen LogP contribution is 2.38. The Morgan fingerprint density at radius 3 is 2.67 bits per heavy atom. The van der Waals surface area contributed by atoms with Gasteiger partial charge in [-0.25, -0.2) is 14.8 Å². The predicted octanol–water partition coefficient (Wildman–Crippen LogP) is 1.37. The van der Waals surface area contributed by atoms with Crippen LogP contribution >= 0.6 is 11.6 Å². The van der Waals surface area contributed by atoms with Crippen LogP contribution in [-0.2, 0) is 5.88 Å². The molecular weight excluding hydrogens is 218 g/mol. The monoisotopic (exact) mass is 227 g/mol. The minimum Gasteiger partial charge on any atom is -0.476 e. The van der Waals surface area contributed by atoms with Gasteiger partial charge in [0.05, 0.1) is 5.88 Å². The smallest absolute Gasteiger partial charge is 0.355 e. The van der Waals surface area contributed by atoms with E-state index in [1.54, 1.807) is 0 Å². The first-order chi connectivity index (χ1) is 7.13. The van der Waals surface area contributed by atoms with Crippen molar-refractivity contribution in [2.75, 3.05) is 5.73 Å². The van der Waals surface area contributed by atoms with Crippen molar-refractivity contribution in [1.82, 2.24) is 9.97 Å². The molecule has 80 valence electrons. The molecule has 3 N–H and O–H groups in total. The molecule has 1 heterocycles. The summed E-state index contributed by atoms with van der Waals surface area (Å²) < 4.78 is 0. The molecule has 0 bridgehead atoms. The molecule has 5 nitrogen and oxygen atoms in total. The molecule has 1 saturated carbocycles. The molecule has 0 aromatic carbocycles. The number of alkyl halides is 1. The Hall–Kier alpha value is -1.36. The second-order valence-corrected chi connectivity index (χ2v) is 3.77. The van der Waals surface area contributed by atoms with Crippen LogP contribution in [0.15, 0.2) is 0 Å². The van der Waals surface area contributed by atoms with Crippen molar-refractivity contribution in [3.05, 3.63) is 17.1 Å². The van der Waals surface area contributed by atoms with E-state index in [-0.39, 0.29) is 23.3 Å². The number of aromatic nitrogens is 2. The minimum absolute atomic E-state index is 0.0123. The first-order valence-electron chi connectivity index (χ1n) is 4.59. The van der Waals surface area contributed by atoms with Crippen LogP contribution in [0, 0.1) is 0 Å². The maximum absolute atomic E-state index is 10.9. The lowest BCUT2D eigenvalue weighted by atomic mass is 10.2. The lowest BCUT2D eigenvalue weighted by molar-refractivity contribution is 0.0689. The average molecular weight is 228 g/mol. The van der Waals surface area contributed by atoms with E-state index < -0.39 is 5.97 Å².